The molecule has 0 bridgehead atoms. The highest BCUT2D eigenvalue weighted by molar-refractivity contribution is 7.90. The third kappa shape index (κ3) is 2.77. The lowest BCUT2D eigenvalue weighted by Gasteiger charge is -2.55. The molecule has 1 aliphatic rings. The zero-order valence-corrected chi connectivity index (χ0v) is 23.1. The van der Waals surface area contributed by atoms with E-state index in [4.69, 9.17) is 11.6 Å². The van der Waals surface area contributed by atoms with Gasteiger partial charge in [-0.2, -0.15) is 0 Å². The minimum absolute atomic E-state index is 0.639. The summed E-state index contributed by atoms with van der Waals surface area (Å²) in [6, 6.07) is 0. The Bertz CT molecular complexity index is 387. The van der Waals surface area contributed by atoms with Crippen LogP contribution in [-0.4, -0.2) is 39.8 Å². The van der Waals surface area contributed by atoms with Crippen LogP contribution in [0.1, 0.15) is 12.8 Å². The van der Waals surface area contributed by atoms with E-state index in [1.165, 1.54) is 12.8 Å². The van der Waals surface area contributed by atoms with Gasteiger partial charge in [-0.05, 0) is 8.57 Å². The van der Waals surface area contributed by atoms with Crippen molar-refractivity contribution in [2.45, 2.75) is 100.0 Å². The zero-order valence-electron chi connectivity index (χ0n) is 17.3. The summed E-state index contributed by atoms with van der Waals surface area (Å²) in [5, 5.41) is 0. The van der Waals surface area contributed by atoms with Crippen molar-refractivity contribution in [3.63, 3.8) is 0 Å². The molecule has 1 saturated heterocycles. The number of rotatable bonds is 4. The molecule has 0 aliphatic carbocycles. The van der Waals surface area contributed by atoms with Gasteiger partial charge in [-0.15, -0.1) is 11.6 Å². The average molecular weight is 405 g/mol. The first-order chi connectivity index (χ1) is 9.36. The Kier molecular flexibility index (Phi) is 5.49. The normalized spacial score (nSPS) is 23.0. The molecule has 0 unspecified atom stereocenters. The van der Waals surface area contributed by atoms with Gasteiger partial charge in [0.15, 0.2) is 0 Å². The first kappa shape index (κ1) is 21.3. The van der Waals surface area contributed by atoms with Crippen molar-refractivity contribution in [3.05, 3.63) is 0 Å². The molecule has 0 atom stereocenters. The molecule has 1 fully saturated rings. The van der Waals surface area contributed by atoms with Crippen LogP contribution in [-0.2, 0) is 0 Å². The lowest BCUT2D eigenvalue weighted by Crippen LogP contribution is -2.64. The van der Waals surface area contributed by atoms with Gasteiger partial charge in [0, 0.05) is 32.3 Å². The zero-order chi connectivity index (χ0) is 18.0. The van der Waals surface area contributed by atoms with Crippen molar-refractivity contribution in [3.8, 4) is 0 Å². The molecule has 0 aromatic rings. The predicted octanol–water partition coefficient (Wildman–Crippen LogP) is 6.96. The molecule has 1 aliphatic heterocycles. The largest absolute Gasteiger partial charge is 0.140 e. The molecule has 1 rings (SSSR count). The molecule has 0 aromatic carbocycles. The van der Waals surface area contributed by atoms with Crippen molar-refractivity contribution in [2.24, 2.45) is 0 Å². The third-order valence-corrected chi connectivity index (χ3v) is 45.3. The van der Waals surface area contributed by atoms with E-state index >= 15 is 0 Å². The standard InChI is InChI=1S/C16H40SSi5/c1-19(2,3)15(20(4,5)6)13-14-16(18(15)17,21(7,8)9)22(10,11)12/h13-14H2,1-12H3. The highest BCUT2D eigenvalue weighted by Crippen LogP contribution is 2.69. The summed E-state index contributed by atoms with van der Waals surface area (Å²) in [5.41, 5.74) is 0. The van der Waals surface area contributed by atoms with Gasteiger partial charge in [0.2, 0.25) is 0 Å². The van der Waals surface area contributed by atoms with Gasteiger partial charge in [0.1, 0.15) is 0 Å². The fourth-order valence-electron chi connectivity index (χ4n) is 6.08. The second kappa shape index (κ2) is 5.66. The van der Waals surface area contributed by atoms with Crippen molar-refractivity contribution >= 4 is 51.4 Å². The molecule has 0 radical (unpaired) electrons. The summed E-state index contributed by atoms with van der Waals surface area (Å²) in [6.45, 7) is 31.7. The van der Waals surface area contributed by atoms with E-state index in [9.17, 15) is 0 Å². The fourth-order valence-corrected chi connectivity index (χ4v) is 55.6. The summed E-state index contributed by atoms with van der Waals surface area (Å²) in [7, 11) is -5.84. The van der Waals surface area contributed by atoms with Gasteiger partial charge in [0.25, 0.3) is 0 Å². The van der Waals surface area contributed by atoms with Gasteiger partial charge in [-0.3, -0.25) is 0 Å². The third-order valence-electron chi connectivity index (χ3n) is 6.77. The SMILES string of the molecule is C[Si](C)(C)C1([Si](C)(C)C)CCC([Si](C)(C)C)([Si](C)(C)C)[Si]1=S. The second-order valence-electron chi connectivity index (χ2n) is 11.6. The van der Waals surface area contributed by atoms with Gasteiger partial charge < -0.3 is 0 Å². The molecule has 0 aromatic heterocycles. The summed E-state index contributed by atoms with van der Waals surface area (Å²) >= 11 is 6.70. The summed E-state index contributed by atoms with van der Waals surface area (Å²) in [5.74, 6) is 0. The van der Waals surface area contributed by atoms with Crippen LogP contribution in [0.4, 0.5) is 0 Å². The average Bonchev–Trinajstić information content (AvgIpc) is 2.49. The van der Waals surface area contributed by atoms with Crippen LogP contribution >= 0.6 is 11.6 Å². The van der Waals surface area contributed by atoms with E-state index in [1.807, 2.05) is 0 Å². The Balaban J connectivity index is 3.73. The molecule has 130 valence electrons. The predicted molar refractivity (Wildman–Crippen MR) is 121 cm³/mol. The van der Waals surface area contributed by atoms with E-state index in [-0.39, 0.29) is 0 Å². The van der Waals surface area contributed by atoms with Crippen LogP contribution < -0.4 is 0 Å². The Morgan fingerprint density at radius 2 is 0.727 bits per heavy atom. The van der Waals surface area contributed by atoms with Crippen LogP contribution in [0.3, 0.4) is 0 Å². The van der Waals surface area contributed by atoms with Crippen molar-refractivity contribution in [1.82, 2.24) is 0 Å². The summed E-state index contributed by atoms with van der Waals surface area (Å²) in [6.07, 6.45) is 2.98. The molecular weight excluding hydrogens is 365 g/mol. The van der Waals surface area contributed by atoms with Gasteiger partial charge in [-0.25, -0.2) is 0 Å². The van der Waals surface area contributed by atoms with Crippen LogP contribution in [0.25, 0.3) is 0 Å². The molecule has 0 nitrogen and oxygen atoms in total. The van der Waals surface area contributed by atoms with E-state index in [1.54, 1.807) is 0 Å². The minimum atomic E-state index is -1.27. The molecule has 0 spiro atoms. The molecule has 6 heteroatoms. The van der Waals surface area contributed by atoms with E-state index in [0.29, 0.717) is 8.57 Å². The summed E-state index contributed by atoms with van der Waals surface area (Å²) < 4.78 is 1.28. The number of hydrogen-bond donors (Lipinski definition) is 0. The maximum Gasteiger partial charge on any atom is 0.0956 e. The highest BCUT2D eigenvalue weighted by atomic mass is 32.2. The van der Waals surface area contributed by atoms with Crippen LogP contribution in [0.2, 0.25) is 87.1 Å². The van der Waals surface area contributed by atoms with Crippen LogP contribution in [0.15, 0.2) is 0 Å². The second-order valence-corrected chi connectivity index (χ2v) is 39.6. The van der Waals surface area contributed by atoms with Crippen LogP contribution in [0.5, 0.6) is 0 Å². The topological polar surface area (TPSA) is 0 Å². The lowest BCUT2D eigenvalue weighted by atomic mass is 10.4. The maximum atomic E-state index is 6.70. The first-order valence-corrected chi connectivity index (χ1v) is 25.5. The fraction of sp³-hybridized carbons (Fsp3) is 1.00. The molecule has 22 heavy (non-hydrogen) atoms. The smallest absolute Gasteiger partial charge is 0.0956 e. The minimum Gasteiger partial charge on any atom is -0.140 e. The lowest BCUT2D eigenvalue weighted by molar-refractivity contribution is 0.763. The molecule has 0 saturated carbocycles. The number of hydrogen-bond acceptors (Lipinski definition) is 1. The molecule has 0 N–H and O–H groups in total. The van der Waals surface area contributed by atoms with E-state index < -0.39 is 39.8 Å². The monoisotopic (exact) mass is 404 g/mol. The van der Waals surface area contributed by atoms with Gasteiger partial charge >= 0.3 is 0 Å². The van der Waals surface area contributed by atoms with Gasteiger partial charge in [-0.1, -0.05) is 91.4 Å². The van der Waals surface area contributed by atoms with Crippen molar-refractivity contribution in [1.29, 1.82) is 0 Å². The quantitative estimate of drug-likeness (QED) is 0.456. The Morgan fingerprint density at radius 3 is 0.818 bits per heavy atom. The van der Waals surface area contributed by atoms with E-state index in [2.05, 4.69) is 78.6 Å². The Labute approximate surface area is 151 Å². The van der Waals surface area contributed by atoms with Gasteiger partial charge in [0.05, 0.1) is 7.50 Å². The highest BCUT2D eigenvalue weighted by Gasteiger charge is 2.70. The molecular formula is C16H40SSi5. The Hall–Kier alpha value is 1.30. The molecule has 1 heterocycles. The van der Waals surface area contributed by atoms with Crippen LogP contribution in [0, 0.1) is 0 Å². The maximum absolute atomic E-state index is 6.70. The summed E-state index contributed by atoms with van der Waals surface area (Å²) in [4.78, 5) is 0. The van der Waals surface area contributed by atoms with Crippen molar-refractivity contribution in [2.75, 3.05) is 0 Å². The van der Waals surface area contributed by atoms with E-state index in [0.717, 1.165) is 0 Å². The first-order valence-electron chi connectivity index (χ1n) is 8.91. The Morgan fingerprint density at radius 1 is 0.545 bits per heavy atom. The van der Waals surface area contributed by atoms with Crippen molar-refractivity contribution < 1.29 is 0 Å². The molecule has 0 amide bonds.